The van der Waals surface area contributed by atoms with Crippen LogP contribution >= 0.6 is 0 Å². The molecule has 0 spiro atoms. The summed E-state index contributed by atoms with van der Waals surface area (Å²) in [6.45, 7) is 24.8. The average Bonchev–Trinajstić information content (AvgIpc) is 2.76. The van der Waals surface area contributed by atoms with Gasteiger partial charge >= 0.3 is 0 Å². The Labute approximate surface area is 124 Å². The van der Waals surface area contributed by atoms with Crippen LogP contribution in [0.1, 0.15) is 102 Å². The third kappa shape index (κ3) is 27.3. The molecule has 1 fully saturated rings. The molecule has 0 heterocycles. The first kappa shape index (κ1) is 21.3. The fourth-order valence-corrected chi connectivity index (χ4v) is 1.70. The van der Waals surface area contributed by atoms with Gasteiger partial charge in [0, 0.05) is 0 Å². The van der Waals surface area contributed by atoms with Crippen LogP contribution in [0.2, 0.25) is 0 Å². The summed E-state index contributed by atoms with van der Waals surface area (Å²) in [5, 5.41) is 0. The minimum atomic E-state index is 0.500. The van der Waals surface area contributed by atoms with Crippen molar-refractivity contribution in [3.63, 3.8) is 0 Å². The Morgan fingerprint density at radius 2 is 1.05 bits per heavy atom. The fourth-order valence-electron chi connectivity index (χ4n) is 1.70. The van der Waals surface area contributed by atoms with E-state index in [0.717, 1.165) is 5.92 Å². The van der Waals surface area contributed by atoms with E-state index in [1.165, 1.54) is 25.7 Å². The van der Waals surface area contributed by atoms with E-state index >= 15 is 0 Å². The van der Waals surface area contributed by atoms with E-state index in [-0.39, 0.29) is 0 Å². The van der Waals surface area contributed by atoms with E-state index in [1.54, 1.807) is 0 Å². The van der Waals surface area contributed by atoms with Gasteiger partial charge in [-0.3, -0.25) is 0 Å². The van der Waals surface area contributed by atoms with Crippen molar-refractivity contribution >= 4 is 0 Å². The average molecular weight is 271 g/mol. The Kier molecular flexibility index (Phi) is 9.33. The van der Waals surface area contributed by atoms with Gasteiger partial charge in [0.05, 0.1) is 0 Å². The number of hydrogen-bond acceptors (Lipinski definition) is 0. The van der Waals surface area contributed by atoms with Crippen LogP contribution in [0.5, 0.6) is 0 Å². The Morgan fingerprint density at radius 3 is 1.05 bits per heavy atom. The molecule has 1 aliphatic rings. The van der Waals surface area contributed by atoms with Crippen molar-refractivity contribution < 1.29 is 0 Å². The zero-order chi connectivity index (χ0) is 15.9. The molecule has 0 aromatic rings. The zero-order valence-electron chi connectivity index (χ0n) is 15.9. The highest BCUT2D eigenvalue weighted by atomic mass is 14.4. The Bertz CT molecular complexity index is 194. The Morgan fingerprint density at radius 1 is 0.737 bits per heavy atom. The van der Waals surface area contributed by atoms with Crippen LogP contribution in [-0.4, -0.2) is 0 Å². The molecule has 0 saturated heterocycles. The van der Waals surface area contributed by atoms with Crippen LogP contribution in [0.25, 0.3) is 0 Å². The van der Waals surface area contributed by atoms with Crippen molar-refractivity contribution in [1.82, 2.24) is 0 Å². The van der Waals surface area contributed by atoms with E-state index in [0.29, 0.717) is 16.2 Å². The highest BCUT2D eigenvalue weighted by Gasteiger charge is 2.33. The Balaban J connectivity index is 0. The molecule has 0 N–H and O–H groups in total. The van der Waals surface area contributed by atoms with E-state index in [4.69, 9.17) is 0 Å². The molecular formula is C19H42. The van der Waals surface area contributed by atoms with E-state index in [1.807, 2.05) is 0 Å². The summed E-state index contributed by atoms with van der Waals surface area (Å²) in [6.07, 6.45) is 5.60. The first-order valence-corrected chi connectivity index (χ1v) is 8.17. The molecule has 118 valence electrons. The standard InChI is InChI=1S/C7H14.C7H16.C5H12/c1-7(2,3)6-4-5-6;1-5-6-7(2,3)4;1-5(2,3)4/h6H,4-5H2,1-3H3;5-6H2,1-4H3;1-4H3. The van der Waals surface area contributed by atoms with Crippen LogP contribution in [0.3, 0.4) is 0 Å². The monoisotopic (exact) mass is 270 g/mol. The molecule has 0 aliphatic heterocycles. The smallest absolute Gasteiger partial charge is 0.0354 e. The van der Waals surface area contributed by atoms with Crippen molar-refractivity contribution in [1.29, 1.82) is 0 Å². The van der Waals surface area contributed by atoms with Gasteiger partial charge in [0.25, 0.3) is 0 Å². The summed E-state index contributed by atoms with van der Waals surface area (Å²) in [5.74, 6) is 1.05. The molecule has 0 bridgehead atoms. The maximum absolute atomic E-state index is 2.32. The van der Waals surface area contributed by atoms with Crippen LogP contribution < -0.4 is 0 Å². The van der Waals surface area contributed by atoms with Gasteiger partial charge in [0.15, 0.2) is 0 Å². The molecule has 0 heteroatoms. The molecule has 0 amide bonds. The van der Waals surface area contributed by atoms with Gasteiger partial charge in [-0.05, 0) is 41.4 Å². The molecular weight excluding hydrogens is 228 g/mol. The van der Waals surface area contributed by atoms with Crippen molar-refractivity contribution in [2.24, 2.45) is 22.2 Å². The lowest BCUT2D eigenvalue weighted by atomic mass is 9.91. The van der Waals surface area contributed by atoms with E-state index in [2.05, 4.69) is 76.2 Å². The van der Waals surface area contributed by atoms with Gasteiger partial charge in [-0.25, -0.2) is 0 Å². The maximum Gasteiger partial charge on any atom is -0.0354 e. The van der Waals surface area contributed by atoms with Crippen LogP contribution in [0.15, 0.2) is 0 Å². The van der Waals surface area contributed by atoms with Crippen LogP contribution in [0.4, 0.5) is 0 Å². The summed E-state index contributed by atoms with van der Waals surface area (Å²) >= 11 is 0. The molecule has 0 unspecified atom stereocenters. The maximum atomic E-state index is 2.32. The lowest BCUT2D eigenvalue weighted by molar-refractivity contribution is 0.351. The SMILES string of the molecule is CC(C)(C)C.CC(C)(C)C1CC1.CCCC(C)(C)C. The van der Waals surface area contributed by atoms with Crippen LogP contribution in [0, 0.1) is 22.2 Å². The lowest BCUT2D eigenvalue weighted by Gasteiger charge is -2.15. The normalized spacial score (nSPS) is 15.9. The molecule has 1 saturated carbocycles. The van der Waals surface area contributed by atoms with Gasteiger partial charge < -0.3 is 0 Å². The second-order valence-corrected chi connectivity index (χ2v) is 9.95. The summed E-state index contributed by atoms with van der Waals surface area (Å²) in [5.41, 5.74) is 1.66. The molecule has 1 aliphatic carbocycles. The first-order chi connectivity index (χ1) is 8.17. The summed E-state index contributed by atoms with van der Waals surface area (Å²) < 4.78 is 0. The molecule has 0 radical (unpaired) electrons. The summed E-state index contributed by atoms with van der Waals surface area (Å²) in [4.78, 5) is 0. The first-order valence-electron chi connectivity index (χ1n) is 8.17. The minimum absolute atomic E-state index is 0.500. The predicted molar refractivity (Wildman–Crippen MR) is 91.7 cm³/mol. The topological polar surface area (TPSA) is 0 Å². The molecule has 0 aromatic heterocycles. The van der Waals surface area contributed by atoms with Crippen molar-refractivity contribution in [3.8, 4) is 0 Å². The Hall–Kier alpha value is 0. The van der Waals surface area contributed by atoms with Crippen molar-refractivity contribution in [2.75, 3.05) is 0 Å². The van der Waals surface area contributed by atoms with Gasteiger partial charge in [0.1, 0.15) is 0 Å². The molecule has 0 nitrogen and oxygen atoms in total. The molecule has 19 heavy (non-hydrogen) atoms. The van der Waals surface area contributed by atoms with Gasteiger partial charge in [-0.2, -0.15) is 0 Å². The fraction of sp³-hybridized carbons (Fsp3) is 1.00. The van der Waals surface area contributed by atoms with Crippen molar-refractivity contribution in [2.45, 2.75) is 102 Å². The highest BCUT2D eigenvalue weighted by molar-refractivity contribution is 4.84. The number of rotatable bonds is 1. The quantitative estimate of drug-likeness (QED) is 0.468. The predicted octanol–water partition coefficient (Wildman–Crippen LogP) is 7.33. The largest absolute Gasteiger partial charge is 0.0654 e. The summed E-state index contributed by atoms with van der Waals surface area (Å²) in [7, 11) is 0. The van der Waals surface area contributed by atoms with E-state index < -0.39 is 0 Å². The third-order valence-corrected chi connectivity index (χ3v) is 2.80. The molecule has 1 rings (SSSR count). The molecule has 0 atom stereocenters. The number of hydrogen-bond donors (Lipinski definition) is 0. The highest BCUT2D eigenvalue weighted by Crippen LogP contribution is 2.44. The minimum Gasteiger partial charge on any atom is -0.0654 e. The second-order valence-electron chi connectivity index (χ2n) is 9.95. The van der Waals surface area contributed by atoms with Crippen LogP contribution in [-0.2, 0) is 0 Å². The van der Waals surface area contributed by atoms with Gasteiger partial charge in [-0.15, -0.1) is 0 Å². The zero-order valence-corrected chi connectivity index (χ0v) is 15.9. The van der Waals surface area contributed by atoms with Gasteiger partial charge in [0.2, 0.25) is 0 Å². The van der Waals surface area contributed by atoms with E-state index in [9.17, 15) is 0 Å². The molecule has 0 aromatic carbocycles. The van der Waals surface area contributed by atoms with Gasteiger partial charge in [-0.1, -0.05) is 82.6 Å². The second kappa shape index (κ2) is 8.32. The summed E-state index contributed by atoms with van der Waals surface area (Å²) in [6, 6.07) is 0. The third-order valence-electron chi connectivity index (χ3n) is 2.80. The lowest BCUT2D eigenvalue weighted by Crippen LogP contribution is -2.06. The van der Waals surface area contributed by atoms with Crippen molar-refractivity contribution in [3.05, 3.63) is 0 Å².